The van der Waals surface area contributed by atoms with E-state index in [1.807, 2.05) is 0 Å². The highest BCUT2D eigenvalue weighted by molar-refractivity contribution is 7.07. The van der Waals surface area contributed by atoms with Gasteiger partial charge in [0.25, 0.3) is 0 Å². The molecule has 0 fully saturated rings. The van der Waals surface area contributed by atoms with Crippen molar-refractivity contribution in [3.05, 3.63) is 22.3 Å². The molecule has 0 nitrogen and oxygen atoms in total. The van der Waals surface area contributed by atoms with Crippen molar-refractivity contribution in [3.8, 4) is 0 Å². The largest absolute Gasteiger partial charge is 0.173 e. The molecule has 0 heterocycles. The van der Waals surface area contributed by atoms with Crippen LogP contribution in [0.2, 0.25) is 12.1 Å². The van der Waals surface area contributed by atoms with Crippen LogP contribution in [0.15, 0.2) is 22.3 Å². The van der Waals surface area contributed by atoms with Crippen LogP contribution in [0.25, 0.3) is 0 Å². The average Bonchev–Trinajstić information content (AvgIpc) is 2.16. The lowest BCUT2D eigenvalue weighted by Gasteiger charge is -2.15. The van der Waals surface area contributed by atoms with Gasteiger partial charge in [-0.05, 0) is 38.8 Å². The van der Waals surface area contributed by atoms with Gasteiger partial charge in [0.05, 0.1) is 0 Å². The minimum atomic E-state index is -0.718. The van der Waals surface area contributed by atoms with Gasteiger partial charge in [0, 0.05) is 5.54 Å². The third kappa shape index (κ3) is 1.40. The molecule has 1 aliphatic carbocycles. The highest BCUT2D eigenvalue weighted by Crippen LogP contribution is 2.43. The molecule has 2 heteroatoms. The van der Waals surface area contributed by atoms with Gasteiger partial charge < -0.3 is 0 Å². The average molecular weight is 200 g/mol. The standard InChI is InChI=1S/C10H16ClSi/c1-6-7(2)9(4)10(8(6)3)12(5)11/h10H,1-5H3. The van der Waals surface area contributed by atoms with E-state index in [1.165, 1.54) is 22.3 Å². The quantitative estimate of drug-likeness (QED) is 0.444. The van der Waals surface area contributed by atoms with Crippen molar-refractivity contribution in [2.75, 3.05) is 0 Å². The summed E-state index contributed by atoms with van der Waals surface area (Å²) < 4.78 is 0. The van der Waals surface area contributed by atoms with E-state index in [0.717, 1.165) is 0 Å². The molecule has 12 heavy (non-hydrogen) atoms. The van der Waals surface area contributed by atoms with E-state index in [-0.39, 0.29) is 0 Å². The molecule has 0 saturated carbocycles. The Morgan fingerprint density at radius 2 is 1.33 bits per heavy atom. The van der Waals surface area contributed by atoms with E-state index in [0.29, 0.717) is 5.54 Å². The number of hydrogen-bond donors (Lipinski definition) is 0. The Hall–Kier alpha value is -0.0131. The Balaban J connectivity index is 3.08. The second-order valence-corrected chi connectivity index (χ2v) is 7.18. The molecule has 67 valence electrons. The summed E-state index contributed by atoms with van der Waals surface area (Å²) in [6.45, 7) is 11.0. The monoisotopic (exact) mass is 199 g/mol. The summed E-state index contributed by atoms with van der Waals surface area (Å²) in [5.74, 6) is 0. The first kappa shape index (κ1) is 10.1. The summed E-state index contributed by atoms with van der Waals surface area (Å²) in [7, 11) is -0.718. The van der Waals surface area contributed by atoms with E-state index in [2.05, 4.69) is 34.2 Å². The molecule has 0 atom stereocenters. The lowest BCUT2D eigenvalue weighted by Crippen LogP contribution is -2.10. The summed E-state index contributed by atoms with van der Waals surface area (Å²) in [6, 6.07) is 0. The summed E-state index contributed by atoms with van der Waals surface area (Å²) in [5, 5.41) is 0. The van der Waals surface area contributed by atoms with E-state index in [4.69, 9.17) is 11.1 Å². The normalized spacial score (nSPS) is 20.2. The zero-order valence-electron chi connectivity index (χ0n) is 8.46. The van der Waals surface area contributed by atoms with Crippen LogP contribution < -0.4 is 0 Å². The highest BCUT2D eigenvalue weighted by atomic mass is 35.6. The molecule has 0 amide bonds. The number of rotatable bonds is 1. The number of hydrogen-bond acceptors (Lipinski definition) is 0. The van der Waals surface area contributed by atoms with E-state index >= 15 is 0 Å². The SMILES string of the molecule is CC1=C(C)C([Si](C)Cl)C(C)=C1C. The molecular formula is C10H16ClSi. The first-order valence-electron chi connectivity index (χ1n) is 4.31. The number of allylic oxidation sites excluding steroid dienone is 4. The van der Waals surface area contributed by atoms with Gasteiger partial charge in [0.1, 0.15) is 0 Å². The molecule has 0 spiro atoms. The van der Waals surface area contributed by atoms with Crippen LogP contribution in [-0.2, 0) is 0 Å². The molecule has 0 saturated heterocycles. The van der Waals surface area contributed by atoms with Crippen LogP contribution in [0.5, 0.6) is 0 Å². The van der Waals surface area contributed by atoms with Crippen molar-refractivity contribution in [1.29, 1.82) is 0 Å². The van der Waals surface area contributed by atoms with E-state index in [9.17, 15) is 0 Å². The molecule has 0 N–H and O–H groups in total. The van der Waals surface area contributed by atoms with Crippen molar-refractivity contribution in [1.82, 2.24) is 0 Å². The Morgan fingerprint density at radius 3 is 1.50 bits per heavy atom. The van der Waals surface area contributed by atoms with Crippen LogP contribution in [0.3, 0.4) is 0 Å². The van der Waals surface area contributed by atoms with Crippen LogP contribution in [-0.4, -0.2) is 8.11 Å². The van der Waals surface area contributed by atoms with Crippen molar-refractivity contribution < 1.29 is 0 Å². The Labute approximate surface area is 81.6 Å². The fourth-order valence-electron chi connectivity index (χ4n) is 1.95. The maximum atomic E-state index is 6.24. The Kier molecular flexibility index (Phi) is 2.84. The van der Waals surface area contributed by atoms with Crippen molar-refractivity contribution >= 4 is 19.2 Å². The Morgan fingerprint density at radius 1 is 1.00 bits per heavy atom. The van der Waals surface area contributed by atoms with Crippen LogP contribution in [0, 0.1) is 0 Å². The first-order chi connectivity index (χ1) is 5.46. The summed E-state index contributed by atoms with van der Waals surface area (Å²) in [4.78, 5) is 0. The number of halogens is 1. The van der Waals surface area contributed by atoms with Crippen LogP contribution in [0.4, 0.5) is 0 Å². The van der Waals surface area contributed by atoms with E-state index in [1.54, 1.807) is 0 Å². The minimum Gasteiger partial charge on any atom is -0.168 e. The molecule has 0 bridgehead atoms. The predicted octanol–water partition coefficient (Wildman–Crippen LogP) is 3.90. The summed E-state index contributed by atoms with van der Waals surface area (Å²) in [5.41, 5.74) is 6.49. The van der Waals surface area contributed by atoms with Gasteiger partial charge in [0.2, 0.25) is 0 Å². The van der Waals surface area contributed by atoms with Crippen molar-refractivity contribution in [2.24, 2.45) is 0 Å². The predicted molar refractivity (Wildman–Crippen MR) is 58.0 cm³/mol. The third-order valence-electron chi connectivity index (χ3n) is 3.01. The lowest BCUT2D eigenvalue weighted by atomic mass is 10.1. The van der Waals surface area contributed by atoms with E-state index < -0.39 is 8.11 Å². The van der Waals surface area contributed by atoms with Gasteiger partial charge in [-0.3, -0.25) is 0 Å². The third-order valence-corrected chi connectivity index (χ3v) is 5.33. The highest BCUT2D eigenvalue weighted by Gasteiger charge is 2.28. The molecule has 0 unspecified atom stereocenters. The van der Waals surface area contributed by atoms with Gasteiger partial charge in [0.15, 0.2) is 8.11 Å². The molecule has 0 aromatic heterocycles. The topological polar surface area (TPSA) is 0 Å². The zero-order chi connectivity index (χ0) is 9.46. The van der Waals surface area contributed by atoms with Gasteiger partial charge >= 0.3 is 0 Å². The maximum Gasteiger partial charge on any atom is 0.173 e. The van der Waals surface area contributed by atoms with Crippen molar-refractivity contribution in [2.45, 2.75) is 39.8 Å². The molecule has 0 aliphatic heterocycles. The first-order valence-corrected chi connectivity index (χ1v) is 7.39. The Bertz CT molecular complexity index is 237. The second kappa shape index (κ2) is 3.39. The molecule has 1 radical (unpaired) electrons. The van der Waals surface area contributed by atoms with Crippen LogP contribution in [0.1, 0.15) is 27.7 Å². The molecular weight excluding hydrogens is 184 g/mol. The smallest absolute Gasteiger partial charge is 0.168 e. The van der Waals surface area contributed by atoms with Crippen LogP contribution >= 0.6 is 11.1 Å². The maximum absolute atomic E-state index is 6.24. The van der Waals surface area contributed by atoms with Gasteiger partial charge in [-0.15, -0.1) is 0 Å². The molecule has 1 rings (SSSR count). The summed E-state index contributed by atoms with van der Waals surface area (Å²) >= 11 is 6.24. The molecule has 0 aromatic carbocycles. The van der Waals surface area contributed by atoms with Crippen molar-refractivity contribution in [3.63, 3.8) is 0 Å². The van der Waals surface area contributed by atoms with Gasteiger partial charge in [-0.2, -0.15) is 11.1 Å². The van der Waals surface area contributed by atoms with Gasteiger partial charge in [-0.25, -0.2) is 0 Å². The fourth-order valence-corrected chi connectivity index (χ4v) is 4.55. The molecule has 0 aromatic rings. The lowest BCUT2D eigenvalue weighted by molar-refractivity contribution is 1.11. The fraction of sp³-hybridized carbons (Fsp3) is 0.600. The molecule has 1 aliphatic rings. The van der Waals surface area contributed by atoms with Gasteiger partial charge in [-0.1, -0.05) is 17.7 Å². The summed E-state index contributed by atoms with van der Waals surface area (Å²) in [6.07, 6.45) is 0. The second-order valence-electron chi connectivity index (χ2n) is 3.64. The zero-order valence-corrected chi connectivity index (χ0v) is 10.2. The minimum absolute atomic E-state index is 0.580.